The zero-order valence-electron chi connectivity index (χ0n) is 15.1. The second kappa shape index (κ2) is 7.59. The summed E-state index contributed by atoms with van der Waals surface area (Å²) in [7, 11) is 0. The number of piperidine rings is 1. The number of carbonyl (C=O) groups is 1. The molecule has 0 radical (unpaired) electrons. The third-order valence-corrected chi connectivity index (χ3v) is 4.71. The van der Waals surface area contributed by atoms with Gasteiger partial charge in [0, 0.05) is 31.5 Å². The molecule has 0 aliphatic carbocycles. The van der Waals surface area contributed by atoms with E-state index in [0.29, 0.717) is 41.8 Å². The van der Waals surface area contributed by atoms with E-state index in [9.17, 15) is 23.2 Å². The summed E-state index contributed by atoms with van der Waals surface area (Å²) < 4.78 is 38.0. The topological polar surface area (TPSA) is 108 Å². The lowest BCUT2D eigenvalue weighted by atomic mass is 9.94. The zero-order valence-corrected chi connectivity index (χ0v) is 15.1. The molecular formula is C18H19F3N6O. The van der Waals surface area contributed by atoms with Crippen LogP contribution in [0.3, 0.4) is 0 Å². The third kappa shape index (κ3) is 3.99. The molecule has 3 atom stereocenters. The van der Waals surface area contributed by atoms with Gasteiger partial charge in [-0.2, -0.15) is 18.4 Å². The Bertz CT molecular complexity index is 926. The van der Waals surface area contributed by atoms with Crippen molar-refractivity contribution in [2.45, 2.75) is 31.6 Å². The molecule has 1 aromatic carbocycles. The van der Waals surface area contributed by atoms with Gasteiger partial charge >= 0.3 is 6.18 Å². The van der Waals surface area contributed by atoms with Gasteiger partial charge in [0.05, 0.1) is 11.3 Å². The lowest BCUT2D eigenvalue weighted by Crippen LogP contribution is -2.57. The number of nitrogens with two attached hydrogens (primary N) is 1. The molecule has 1 aliphatic heterocycles. The fraction of sp³-hybridized carbons (Fsp3) is 0.444. The number of carbonyl (C=O) groups excluding carboxylic acids is 1. The molecule has 0 saturated carbocycles. The van der Waals surface area contributed by atoms with Gasteiger partial charge in [0.25, 0.3) is 0 Å². The summed E-state index contributed by atoms with van der Waals surface area (Å²) in [5, 5.41) is 11.7. The van der Waals surface area contributed by atoms with E-state index in [1.54, 1.807) is 12.1 Å². The van der Waals surface area contributed by atoms with Crippen molar-refractivity contribution in [2.75, 3.05) is 18.0 Å². The summed E-state index contributed by atoms with van der Waals surface area (Å²) in [5.41, 5.74) is 7.10. The zero-order chi connectivity index (χ0) is 20.5. The number of alkyl halides is 3. The summed E-state index contributed by atoms with van der Waals surface area (Å²) >= 11 is 0. The van der Waals surface area contributed by atoms with Crippen molar-refractivity contribution in [2.24, 2.45) is 11.7 Å². The van der Waals surface area contributed by atoms with E-state index in [1.165, 1.54) is 12.4 Å². The molecule has 1 aliphatic rings. The Morgan fingerprint density at radius 1 is 1.32 bits per heavy atom. The molecule has 3 N–H and O–H groups in total. The summed E-state index contributed by atoms with van der Waals surface area (Å²) in [6, 6.07) is 2.40. The molecule has 10 heteroatoms. The van der Waals surface area contributed by atoms with Gasteiger partial charge in [0.1, 0.15) is 17.1 Å². The monoisotopic (exact) mass is 392 g/mol. The number of hydrogen-bond donors (Lipinski definition) is 2. The van der Waals surface area contributed by atoms with E-state index >= 15 is 0 Å². The Balaban J connectivity index is 1.85. The number of rotatable bonds is 3. The molecule has 3 rings (SSSR count). The normalized spacial score (nSPS) is 21.2. The molecule has 0 spiro atoms. The van der Waals surface area contributed by atoms with Gasteiger partial charge in [-0.3, -0.25) is 14.8 Å². The van der Waals surface area contributed by atoms with Crippen LogP contribution < -0.4 is 16.0 Å². The molecule has 28 heavy (non-hydrogen) atoms. The number of nitrogens with zero attached hydrogens (tertiary/aromatic N) is 4. The number of anilines is 1. The predicted molar refractivity (Wildman–Crippen MR) is 96.2 cm³/mol. The van der Waals surface area contributed by atoms with Crippen molar-refractivity contribution in [1.82, 2.24) is 15.3 Å². The Morgan fingerprint density at radius 2 is 2.00 bits per heavy atom. The lowest BCUT2D eigenvalue weighted by molar-refractivity contribution is -0.163. The van der Waals surface area contributed by atoms with E-state index in [0.717, 1.165) is 0 Å². The number of amides is 1. The van der Waals surface area contributed by atoms with Crippen molar-refractivity contribution in [1.29, 1.82) is 5.26 Å². The maximum absolute atomic E-state index is 12.7. The van der Waals surface area contributed by atoms with Crippen molar-refractivity contribution in [3.8, 4) is 6.07 Å². The lowest BCUT2D eigenvalue weighted by Gasteiger charge is -2.38. The average Bonchev–Trinajstić information content (AvgIpc) is 2.65. The minimum atomic E-state index is -4.79. The number of hydrogen-bond acceptors (Lipinski definition) is 6. The van der Waals surface area contributed by atoms with E-state index in [4.69, 9.17) is 5.73 Å². The minimum Gasteiger partial charge on any atom is -0.367 e. The van der Waals surface area contributed by atoms with Crippen molar-refractivity contribution < 1.29 is 18.0 Å². The maximum atomic E-state index is 12.7. The summed E-state index contributed by atoms with van der Waals surface area (Å²) in [6.07, 6.45) is -1.25. The number of nitrogens with one attached hydrogen (secondary N) is 1. The van der Waals surface area contributed by atoms with Crippen LogP contribution >= 0.6 is 0 Å². The molecule has 148 valence electrons. The van der Waals surface area contributed by atoms with Crippen LogP contribution in [-0.4, -0.2) is 47.2 Å². The Morgan fingerprint density at radius 3 is 2.64 bits per heavy atom. The van der Waals surface area contributed by atoms with E-state index < -0.39 is 24.2 Å². The Kier molecular flexibility index (Phi) is 5.38. The molecule has 0 bridgehead atoms. The molecule has 1 amide bonds. The van der Waals surface area contributed by atoms with Crippen molar-refractivity contribution >= 4 is 22.6 Å². The summed E-state index contributed by atoms with van der Waals surface area (Å²) in [5.74, 6) is -1.13. The van der Waals surface area contributed by atoms with Gasteiger partial charge in [-0.1, -0.05) is 6.92 Å². The minimum absolute atomic E-state index is 0.114. The number of benzene rings is 1. The van der Waals surface area contributed by atoms with Crippen LogP contribution in [0.1, 0.15) is 18.9 Å². The first-order valence-corrected chi connectivity index (χ1v) is 8.72. The van der Waals surface area contributed by atoms with E-state index in [2.05, 4.69) is 21.4 Å². The summed E-state index contributed by atoms with van der Waals surface area (Å²) in [6.45, 7) is 2.89. The van der Waals surface area contributed by atoms with E-state index in [-0.39, 0.29) is 5.92 Å². The SMILES string of the molecule is C[C@H]1C[C@@H](NC(=O)[C@@H](N)C(F)(F)F)CN(c2ccc(C#N)c3nccnc23)C1. The standard InChI is InChI=1S/C18H19F3N6O/c1-10-6-12(26-17(28)16(23)18(19,20)21)9-27(8-10)13-3-2-11(7-22)14-15(13)25-5-4-24-14/h2-5,10,12,16H,6,8-9,23H2,1H3,(H,26,28)/t10-,12+,16+/m0/s1. The van der Waals surface area contributed by atoms with Gasteiger partial charge in [0.15, 0.2) is 6.04 Å². The first-order valence-electron chi connectivity index (χ1n) is 8.72. The fourth-order valence-electron chi connectivity index (χ4n) is 3.48. The predicted octanol–water partition coefficient (Wildman–Crippen LogP) is 1.72. The smallest absolute Gasteiger partial charge is 0.367 e. The van der Waals surface area contributed by atoms with Crippen molar-refractivity contribution in [3.63, 3.8) is 0 Å². The molecule has 2 heterocycles. The second-order valence-corrected chi connectivity index (χ2v) is 6.97. The van der Waals surface area contributed by atoms with Gasteiger partial charge in [0.2, 0.25) is 5.91 Å². The molecule has 1 saturated heterocycles. The third-order valence-electron chi connectivity index (χ3n) is 4.71. The summed E-state index contributed by atoms with van der Waals surface area (Å²) in [4.78, 5) is 22.4. The molecule has 1 aromatic heterocycles. The highest BCUT2D eigenvalue weighted by atomic mass is 19.4. The quantitative estimate of drug-likeness (QED) is 0.824. The van der Waals surface area contributed by atoms with Crippen LogP contribution in [0.15, 0.2) is 24.5 Å². The van der Waals surface area contributed by atoms with Gasteiger partial charge in [-0.25, -0.2) is 0 Å². The highest BCUT2D eigenvalue weighted by molar-refractivity contribution is 5.92. The molecule has 2 aromatic rings. The van der Waals surface area contributed by atoms with E-state index in [1.807, 2.05) is 11.8 Å². The van der Waals surface area contributed by atoms with Crippen LogP contribution in [-0.2, 0) is 4.79 Å². The number of halogens is 3. The van der Waals surface area contributed by atoms with Crippen LogP contribution in [0.25, 0.3) is 11.0 Å². The van der Waals surface area contributed by atoms with Gasteiger partial charge in [-0.15, -0.1) is 0 Å². The van der Waals surface area contributed by atoms with Crippen LogP contribution in [0, 0.1) is 17.2 Å². The second-order valence-electron chi connectivity index (χ2n) is 6.97. The largest absolute Gasteiger partial charge is 0.412 e. The Labute approximate surface area is 159 Å². The highest BCUT2D eigenvalue weighted by Gasteiger charge is 2.43. The van der Waals surface area contributed by atoms with Crippen LogP contribution in [0.5, 0.6) is 0 Å². The first kappa shape index (κ1) is 19.8. The Hall–Kier alpha value is -2.93. The number of aromatic nitrogens is 2. The van der Waals surface area contributed by atoms with Crippen LogP contribution in [0.4, 0.5) is 18.9 Å². The number of fused-ring (bicyclic) bond motifs is 1. The first-order chi connectivity index (χ1) is 13.2. The van der Waals surface area contributed by atoms with Crippen molar-refractivity contribution in [3.05, 3.63) is 30.1 Å². The van der Waals surface area contributed by atoms with Crippen LogP contribution in [0.2, 0.25) is 0 Å². The molecular weight excluding hydrogens is 373 g/mol. The highest BCUT2D eigenvalue weighted by Crippen LogP contribution is 2.30. The maximum Gasteiger partial charge on any atom is 0.412 e. The molecule has 1 fully saturated rings. The average molecular weight is 392 g/mol. The fourth-order valence-corrected chi connectivity index (χ4v) is 3.48. The van der Waals surface area contributed by atoms with Gasteiger partial charge in [-0.05, 0) is 24.5 Å². The molecule has 7 nitrogen and oxygen atoms in total. The van der Waals surface area contributed by atoms with Gasteiger partial charge < -0.3 is 16.0 Å². The number of nitriles is 1. The molecule has 0 unspecified atom stereocenters.